The summed E-state index contributed by atoms with van der Waals surface area (Å²) in [4.78, 5) is 14.5. The van der Waals surface area contributed by atoms with Crippen molar-refractivity contribution in [3.63, 3.8) is 0 Å². The lowest BCUT2D eigenvalue weighted by molar-refractivity contribution is 0.0786. The van der Waals surface area contributed by atoms with Crippen LogP contribution in [0.1, 0.15) is 27.7 Å². The molecule has 1 N–H and O–H groups in total. The van der Waals surface area contributed by atoms with E-state index < -0.39 is 0 Å². The standard InChI is InChI=1S/C20H19N3O3/c1-23-19(14-11-13(25-2)9-10-15(14)26-3)16-17(12-7-5-4-6-8-12)21-22-18(16)20(23)24/h4-11,19H,1-3H3,(H,21,22)/t19-/m1/s1. The van der Waals surface area contributed by atoms with Gasteiger partial charge in [0.2, 0.25) is 0 Å². The minimum atomic E-state index is -0.309. The minimum absolute atomic E-state index is 0.0930. The number of nitrogens with one attached hydrogen (secondary N) is 1. The third kappa shape index (κ3) is 2.34. The number of fused-ring (bicyclic) bond motifs is 1. The number of amides is 1. The molecule has 2 heterocycles. The van der Waals surface area contributed by atoms with Gasteiger partial charge in [0.05, 0.1) is 26.0 Å². The van der Waals surface area contributed by atoms with Crippen molar-refractivity contribution < 1.29 is 14.3 Å². The minimum Gasteiger partial charge on any atom is -0.497 e. The van der Waals surface area contributed by atoms with Crippen LogP contribution in [0.15, 0.2) is 48.5 Å². The molecule has 0 saturated carbocycles. The van der Waals surface area contributed by atoms with E-state index in [1.807, 2.05) is 48.5 Å². The Balaban J connectivity index is 1.93. The maximum absolute atomic E-state index is 12.8. The van der Waals surface area contributed by atoms with Gasteiger partial charge in [0.15, 0.2) is 0 Å². The van der Waals surface area contributed by atoms with Crippen molar-refractivity contribution in [3.8, 4) is 22.8 Å². The van der Waals surface area contributed by atoms with E-state index in [0.717, 1.165) is 22.4 Å². The fourth-order valence-electron chi connectivity index (χ4n) is 3.50. The fourth-order valence-corrected chi connectivity index (χ4v) is 3.50. The summed E-state index contributed by atoms with van der Waals surface area (Å²) in [6.07, 6.45) is 0. The highest BCUT2D eigenvalue weighted by atomic mass is 16.5. The Morgan fingerprint density at radius 1 is 1.08 bits per heavy atom. The second-order valence-electron chi connectivity index (χ2n) is 6.15. The van der Waals surface area contributed by atoms with E-state index in [0.29, 0.717) is 17.2 Å². The molecule has 6 heteroatoms. The van der Waals surface area contributed by atoms with Crippen LogP contribution in [0.5, 0.6) is 11.5 Å². The molecular weight excluding hydrogens is 330 g/mol. The van der Waals surface area contributed by atoms with Crippen LogP contribution in [0, 0.1) is 0 Å². The van der Waals surface area contributed by atoms with Crippen molar-refractivity contribution >= 4 is 5.91 Å². The lowest BCUT2D eigenvalue weighted by atomic mass is 9.95. The first-order chi connectivity index (χ1) is 12.7. The van der Waals surface area contributed by atoms with E-state index in [9.17, 15) is 4.79 Å². The summed E-state index contributed by atoms with van der Waals surface area (Å²) in [7, 11) is 5.03. The van der Waals surface area contributed by atoms with Gasteiger partial charge in [0.25, 0.3) is 5.91 Å². The molecule has 0 fully saturated rings. The lowest BCUT2D eigenvalue weighted by Gasteiger charge is -2.24. The van der Waals surface area contributed by atoms with Gasteiger partial charge < -0.3 is 14.4 Å². The van der Waals surface area contributed by atoms with Gasteiger partial charge in [-0.3, -0.25) is 9.89 Å². The van der Waals surface area contributed by atoms with Crippen LogP contribution in [0.25, 0.3) is 11.3 Å². The Labute approximate surface area is 151 Å². The molecule has 132 valence electrons. The second-order valence-corrected chi connectivity index (χ2v) is 6.15. The van der Waals surface area contributed by atoms with Crippen molar-refractivity contribution in [3.05, 3.63) is 65.4 Å². The molecule has 0 unspecified atom stereocenters. The van der Waals surface area contributed by atoms with Crippen molar-refractivity contribution in [2.24, 2.45) is 0 Å². The van der Waals surface area contributed by atoms with Crippen LogP contribution in [0.2, 0.25) is 0 Å². The number of carbonyl (C=O) groups excluding carboxylic acids is 1. The number of hydrogen-bond acceptors (Lipinski definition) is 4. The van der Waals surface area contributed by atoms with Crippen LogP contribution in [0.3, 0.4) is 0 Å². The highest BCUT2D eigenvalue weighted by Gasteiger charge is 2.41. The maximum atomic E-state index is 12.8. The van der Waals surface area contributed by atoms with Crippen molar-refractivity contribution in [2.45, 2.75) is 6.04 Å². The Morgan fingerprint density at radius 2 is 1.85 bits per heavy atom. The zero-order valence-electron chi connectivity index (χ0n) is 14.8. The Hall–Kier alpha value is -3.28. The molecule has 0 aliphatic carbocycles. The first kappa shape index (κ1) is 16.2. The predicted molar refractivity (Wildman–Crippen MR) is 97.5 cm³/mol. The molecule has 1 aromatic heterocycles. The third-order valence-electron chi connectivity index (χ3n) is 4.78. The zero-order chi connectivity index (χ0) is 18.3. The number of rotatable bonds is 4. The number of hydrogen-bond donors (Lipinski definition) is 1. The van der Waals surface area contributed by atoms with E-state index >= 15 is 0 Å². The Kier molecular flexibility index (Phi) is 3.88. The quantitative estimate of drug-likeness (QED) is 0.785. The summed E-state index contributed by atoms with van der Waals surface area (Å²) in [5.74, 6) is 1.31. The van der Waals surface area contributed by atoms with Crippen LogP contribution >= 0.6 is 0 Å². The molecule has 0 spiro atoms. The normalized spacial score (nSPS) is 15.9. The molecular formula is C20H19N3O3. The van der Waals surface area contributed by atoms with Gasteiger partial charge in [-0.05, 0) is 18.2 Å². The van der Waals surface area contributed by atoms with Crippen LogP contribution in [-0.2, 0) is 0 Å². The Bertz CT molecular complexity index is 966. The Morgan fingerprint density at radius 3 is 2.54 bits per heavy atom. The monoisotopic (exact) mass is 349 g/mol. The second kappa shape index (κ2) is 6.22. The van der Waals surface area contributed by atoms with Gasteiger partial charge in [0.1, 0.15) is 17.2 Å². The average molecular weight is 349 g/mol. The van der Waals surface area contributed by atoms with Crippen LogP contribution in [-0.4, -0.2) is 42.3 Å². The van der Waals surface area contributed by atoms with Gasteiger partial charge in [-0.2, -0.15) is 5.10 Å². The third-order valence-corrected chi connectivity index (χ3v) is 4.78. The molecule has 1 atom stereocenters. The molecule has 0 radical (unpaired) electrons. The molecule has 1 aliphatic rings. The lowest BCUT2D eigenvalue weighted by Crippen LogP contribution is -2.25. The zero-order valence-corrected chi connectivity index (χ0v) is 14.8. The van der Waals surface area contributed by atoms with Gasteiger partial charge in [0, 0.05) is 23.7 Å². The van der Waals surface area contributed by atoms with Crippen LogP contribution < -0.4 is 9.47 Å². The largest absolute Gasteiger partial charge is 0.497 e. The smallest absolute Gasteiger partial charge is 0.272 e. The van der Waals surface area contributed by atoms with E-state index in [2.05, 4.69) is 10.2 Å². The van der Waals surface area contributed by atoms with E-state index in [1.165, 1.54) is 0 Å². The molecule has 1 aliphatic heterocycles. The first-order valence-corrected chi connectivity index (χ1v) is 8.28. The summed E-state index contributed by atoms with van der Waals surface area (Å²) >= 11 is 0. The summed E-state index contributed by atoms with van der Waals surface area (Å²) in [6.45, 7) is 0. The first-order valence-electron chi connectivity index (χ1n) is 8.28. The summed E-state index contributed by atoms with van der Waals surface area (Å²) in [6, 6.07) is 15.1. The van der Waals surface area contributed by atoms with Gasteiger partial charge in [-0.1, -0.05) is 30.3 Å². The highest BCUT2D eigenvalue weighted by molar-refractivity contribution is 6.00. The number of methoxy groups -OCH3 is 2. The molecule has 0 saturated heterocycles. The van der Waals surface area contributed by atoms with E-state index in [1.54, 1.807) is 26.2 Å². The predicted octanol–water partition coefficient (Wildman–Crippen LogP) is 3.27. The van der Waals surface area contributed by atoms with E-state index in [4.69, 9.17) is 9.47 Å². The number of aromatic amines is 1. The van der Waals surface area contributed by atoms with Crippen molar-refractivity contribution in [2.75, 3.05) is 21.3 Å². The molecule has 26 heavy (non-hydrogen) atoms. The topological polar surface area (TPSA) is 67.5 Å². The van der Waals surface area contributed by atoms with Gasteiger partial charge >= 0.3 is 0 Å². The molecule has 6 nitrogen and oxygen atoms in total. The SMILES string of the molecule is COc1ccc(OC)c([C@@H]2c3c(-c4ccccc4)n[nH]c3C(=O)N2C)c1. The van der Waals surface area contributed by atoms with Gasteiger partial charge in [-0.15, -0.1) is 0 Å². The number of aromatic nitrogens is 2. The molecule has 1 amide bonds. The number of nitrogens with zero attached hydrogens (tertiary/aromatic N) is 2. The molecule has 4 rings (SSSR count). The fraction of sp³-hybridized carbons (Fsp3) is 0.200. The van der Waals surface area contributed by atoms with Crippen molar-refractivity contribution in [1.29, 1.82) is 0 Å². The van der Waals surface area contributed by atoms with Gasteiger partial charge in [-0.25, -0.2) is 0 Å². The molecule has 3 aromatic rings. The van der Waals surface area contributed by atoms with Crippen LogP contribution in [0.4, 0.5) is 0 Å². The van der Waals surface area contributed by atoms with E-state index in [-0.39, 0.29) is 11.9 Å². The molecule has 0 bridgehead atoms. The summed E-state index contributed by atoms with van der Waals surface area (Å²) in [5.41, 5.74) is 3.96. The summed E-state index contributed by atoms with van der Waals surface area (Å²) in [5, 5.41) is 7.34. The number of ether oxygens (including phenoxy) is 2. The number of benzene rings is 2. The highest BCUT2D eigenvalue weighted by Crippen LogP contribution is 2.45. The maximum Gasteiger partial charge on any atom is 0.272 e. The number of carbonyl (C=O) groups is 1. The summed E-state index contributed by atoms with van der Waals surface area (Å²) < 4.78 is 10.9. The number of H-pyrrole nitrogens is 1. The van der Waals surface area contributed by atoms with Crippen molar-refractivity contribution in [1.82, 2.24) is 15.1 Å². The molecule has 2 aromatic carbocycles. The average Bonchev–Trinajstić information content (AvgIpc) is 3.21.